The van der Waals surface area contributed by atoms with E-state index < -0.39 is 5.97 Å². The van der Waals surface area contributed by atoms with Crippen molar-refractivity contribution in [2.75, 3.05) is 19.6 Å². The second-order valence-corrected chi connectivity index (χ2v) is 4.27. The number of piperidine rings is 1. The zero-order chi connectivity index (χ0) is 12.8. The number of carbonyl (C=O) groups excluding carboxylic acids is 1. The van der Waals surface area contributed by atoms with Crippen LogP contribution in [0.5, 0.6) is 0 Å². The molecule has 94 valence electrons. The molecule has 0 aromatic carbocycles. The van der Waals surface area contributed by atoms with Crippen LogP contribution in [0.3, 0.4) is 0 Å². The standard InChI is InChI=1S/C12H18N2O3/c1-3-6-13-11(15)9(2)14-7-4-5-10(8-14)12(16)17/h1,9-10H,4-8H2,2H3,(H,13,15)(H,16,17). The summed E-state index contributed by atoms with van der Waals surface area (Å²) in [6.07, 6.45) is 6.56. The van der Waals surface area contributed by atoms with Crippen molar-refractivity contribution in [3.05, 3.63) is 0 Å². The molecule has 0 spiro atoms. The number of carbonyl (C=O) groups is 2. The van der Waals surface area contributed by atoms with E-state index in [2.05, 4.69) is 11.2 Å². The number of hydrogen-bond acceptors (Lipinski definition) is 3. The number of likely N-dealkylation sites (tertiary alicyclic amines) is 1. The van der Waals surface area contributed by atoms with Gasteiger partial charge in [0.1, 0.15) is 0 Å². The highest BCUT2D eigenvalue weighted by Gasteiger charge is 2.30. The lowest BCUT2D eigenvalue weighted by atomic mass is 9.97. The molecule has 0 aliphatic carbocycles. The Balaban J connectivity index is 2.51. The lowest BCUT2D eigenvalue weighted by molar-refractivity contribution is -0.145. The molecular weight excluding hydrogens is 220 g/mol. The van der Waals surface area contributed by atoms with Crippen molar-refractivity contribution in [2.45, 2.75) is 25.8 Å². The van der Waals surface area contributed by atoms with Gasteiger partial charge in [-0.25, -0.2) is 0 Å². The Morgan fingerprint density at radius 3 is 2.94 bits per heavy atom. The predicted octanol–water partition coefficient (Wildman–Crippen LogP) is -0.0791. The van der Waals surface area contributed by atoms with E-state index in [0.29, 0.717) is 13.0 Å². The maximum atomic E-state index is 11.7. The first kappa shape index (κ1) is 13.5. The lowest BCUT2D eigenvalue weighted by Crippen LogP contribution is -2.50. The minimum Gasteiger partial charge on any atom is -0.481 e. The average Bonchev–Trinajstić information content (AvgIpc) is 2.35. The average molecular weight is 238 g/mol. The number of nitrogens with one attached hydrogen (secondary N) is 1. The van der Waals surface area contributed by atoms with Crippen LogP contribution in [0.4, 0.5) is 0 Å². The summed E-state index contributed by atoms with van der Waals surface area (Å²) in [4.78, 5) is 24.5. The molecule has 1 aliphatic rings. The molecule has 2 N–H and O–H groups in total. The highest BCUT2D eigenvalue weighted by Crippen LogP contribution is 2.18. The maximum absolute atomic E-state index is 11.7. The van der Waals surface area contributed by atoms with Gasteiger partial charge >= 0.3 is 5.97 Å². The SMILES string of the molecule is C#CCNC(=O)C(C)N1CCCC(C(=O)O)C1. The van der Waals surface area contributed by atoms with E-state index >= 15 is 0 Å². The van der Waals surface area contributed by atoms with E-state index in [9.17, 15) is 9.59 Å². The lowest BCUT2D eigenvalue weighted by Gasteiger charge is -2.34. The fourth-order valence-corrected chi connectivity index (χ4v) is 2.01. The molecular formula is C12H18N2O3. The minimum absolute atomic E-state index is 0.144. The van der Waals surface area contributed by atoms with E-state index in [4.69, 9.17) is 11.5 Å². The van der Waals surface area contributed by atoms with Crippen molar-refractivity contribution in [2.24, 2.45) is 5.92 Å². The minimum atomic E-state index is -0.786. The number of aliphatic carboxylic acids is 1. The summed E-state index contributed by atoms with van der Waals surface area (Å²) in [5.41, 5.74) is 0. The Morgan fingerprint density at radius 1 is 1.65 bits per heavy atom. The third-order valence-corrected chi connectivity index (χ3v) is 3.09. The summed E-state index contributed by atoms with van der Waals surface area (Å²) in [7, 11) is 0. The highest BCUT2D eigenvalue weighted by atomic mass is 16.4. The van der Waals surface area contributed by atoms with Gasteiger partial charge in [0.25, 0.3) is 0 Å². The molecule has 17 heavy (non-hydrogen) atoms. The quantitative estimate of drug-likeness (QED) is 0.672. The van der Waals surface area contributed by atoms with Gasteiger partial charge < -0.3 is 10.4 Å². The summed E-state index contributed by atoms with van der Waals surface area (Å²) in [5.74, 6) is 1.04. The molecule has 5 heteroatoms. The molecule has 0 aromatic rings. The van der Waals surface area contributed by atoms with Crippen LogP contribution in [0.25, 0.3) is 0 Å². The second kappa shape index (κ2) is 6.26. The van der Waals surface area contributed by atoms with Gasteiger partial charge in [0.2, 0.25) is 5.91 Å². The van der Waals surface area contributed by atoms with Crippen molar-refractivity contribution >= 4 is 11.9 Å². The van der Waals surface area contributed by atoms with Gasteiger partial charge in [0.05, 0.1) is 18.5 Å². The van der Waals surface area contributed by atoms with Crippen molar-refractivity contribution < 1.29 is 14.7 Å². The van der Waals surface area contributed by atoms with Crippen LogP contribution in [-0.4, -0.2) is 47.6 Å². The van der Waals surface area contributed by atoms with Crippen molar-refractivity contribution in [1.82, 2.24) is 10.2 Å². The molecule has 0 saturated carbocycles. The van der Waals surface area contributed by atoms with Gasteiger partial charge in [-0.2, -0.15) is 0 Å². The van der Waals surface area contributed by atoms with Crippen LogP contribution in [-0.2, 0) is 9.59 Å². The van der Waals surface area contributed by atoms with Crippen molar-refractivity contribution in [1.29, 1.82) is 0 Å². The van der Waals surface area contributed by atoms with Gasteiger partial charge in [0.15, 0.2) is 0 Å². The summed E-state index contributed by atoms with van der Waals surface area (Å²) in [6.45, 7) is 3.17. The largest absolute Gasteiger partial charge is 0.481 e. The zero-order valence-corrected chi connectivity index (χ0v) is 9.98. The second-order valence-electron chi connectivity index (χ2n) is 4.27. The first-order valence-electron chi connectivity index (χ1n) is 5.74. The summed E-state index contributed by atoms with van der Waals surface area (Å²) >= 11 is 0. The van der Waals surface area contributed by atoms with Gasteiger partial charge in [0, 0.05) is 6.54 Å². The molecule has 1 fully saturated rings. The smallest absolute Gasteiger partial charge is 0.307 e. The molecule has 0 radical (unpaired) electrons. The number of rotatable bonds is 4. The molecule has 1 heterocycles. The number of terminal acetylenes is 1. The Labute approximate surface area is 101 Å². The van der Waals surface area contributed by atoms with Crippen LogP contribution >= 0.6 is 0 Å². The molecule has 5 nitrogen and oxygen atoms in total. The molecule has 1 aliphatic heterocycles. The van der Waals surface area contributed by atoms with Gasteiger partial charge in [-0.15, -0.1) is 6.42 Å². The Hall–Kier alpha value is -1.54. The molecule has 1 saturated heterocycles. The van der Waals surface area contributed by atoms with Crippen LogP contribution in [0.1, 0.15) is 19.8 Å². The van der Waals surface area contributed by atoms with E-state index in [1.807, 2.05) is 4.90 Å². The van der Waals surface area contributed by atoms with Gasteiger partial charge in [-0.1, -0.05) is 5.92 Å². The van der Waals surface area contributed by atoms with Crippen molar-refractivity contribution in [3.63, 3.8) is 0 Å². The molecule has 2 unspecified atom stereocenters. The fraction of sp³-hybridized carbons (Fsp3) is 0.667. The predicted molar refractivity (Wildman–Crippen MR) is 63.2 cm³/mol. The maximum Gasteiger partial charge on any atom is 0.307 e. The van der Waals surface area contributed by atoms with Gasteiger partial charge in [-0.3, -0.25) is 14.5 Å². The number of carboxylic acid groups (broad SMARTS) is 1. The highest BCUT2D eigenvalue weighted by molar-refractivity contribution is 5.81. The van der Waals surface area contributed by atoms with Crippen LogP contribution in [0.2, 0.25) is 0 Å². The Kier molecular flexibility index (Phi) is 4.98. The van der Waals surface area contributed by atoms with E-state index in [-0.39, 0.29) is 24.4 Å². The first-order chi connectivity index (χ1) is 8.06. The third kappa shape index (κ3) is 3.75. The third-order valence-electron chi connectivity index (χ3n) is 3.09. The van der Waals surface area contributed by atoms with E-state index in [1.165, 1.54) is 0 Å². The number of hydrogen-bond donors (Lipinski definition) is 2. The molecule has 0 bridgehead atoms. The van der Waals surface area contributed by atoms with E-state index in [0.717, 1.165) is 13.0 Å². The monoisotopic (exact) mass is 238 g/mol. The first-order valence-corrected chi connectivity index (χ1v) is 5.74. The molecule has 1 amide bonds. The van der Waals surface area contributed by atoms with E-state index in [1.54, 1.807) is 6.92 Å². The Bertz CT molecular complexity index is 335. The molecule has 2 atom stereocenters. The number of carboxylic acids is 1. The molecule has 1 rings (SSSR count). The summed E-state index contributed by atoms with van der Waals surface area (Å²) in [5, 5.41) is 11.6. The van der Waals surface area contributed by atoms with Crippen LogP contribution in [0, 0.1) is 18.3 Å². The zero-order valence-electron chi connectivity index (χ0n) is 9.98. The van der Waals surface area contributed by atoms with Crippen LogP contribution < -0.4 is 5.32 Å². The number of amides is 1. The summed E-state index contributed by atoms with van der Waals surface area (Å²) in [6, 6.07) is -0.328. The fourth-order valence-electron chi connectivity index (χ4n) is 2.01. The normalized spacial score (nSPS) is 22.5. The van der Waals surface area contributed by atoms with Crippen molar-refractivity contribution in [3.8, 4) is 12.3 Å². The number of nitrogens with zero attached hydrogens (tertiary/aromatic N) is 1. The van der Waals surface area contributed by atoms with Gasteiger partial charge in [-0.05, 0) is 26.3 Å². The molecule has 0 aromatic heterocycles. The summed E-state index contributed by atoms with van der Waals surface area (Å²) < 4.78 is 0. The topological polar surface area (TPSA) is 69.6 Å². The van der Waals surface area contributed by atoms with Crippen LogP contribution in [0.15, 0.2) is 0 Å². The Morgan fingerprint density at radius 2 is 2.35 bits per heavy atom.